The highest BCUT2D eigenvalue weighted by Gasteiger charge is 2.15. The molecule has 2 N–H and O–H groups in total. The minimum absolute atomic E-state index is 0. The highest BCUT2D eigenvalue weighted by molar-refractivity contribution is 14.0. The molecule has 4 rings (SSSR count). The topological polar surface area (TPSA) is 58.1 Å². The highest BCUT2D eigenvalue weighted by atomic mass is 127. The Morgan fingerprint density at radius 1 is 1.07 bits per heavy atom. The molecule has 2 aromatic carbocycles. The fourth-order valence-corrected chi connectivity index (χ4v) is 3.71. The van der Waals surface area contributed by atoms with Gasteiger partial charge < -0.3 is 20.1 Å². The molecule has 0 amide bonds. The minimum atomic E-state index is 0. The highest BCUT2D eigenvalue weighted by Crippen LogP contribution is 2.32. The normalized spacial score (nSPS) is 15.4. The van der Waals surface area contributed by atoms with Gasteiger partial charge in [0.2, 0.25) is 6.79 Å². The van der Waals surface area contributed by atoms with Crippen LogP contribution in [0.15, 0.2) is 47.5 Å². The van der Waals surface area contributed by atoms with Crippen molar-refractivity contribution in [1.82, 2.24) is 15.5 Å². The number of guanidine groups is 1. The number of rotatable bonds is 6. The molecule has 0 spiro atoms. The van der Waals surface area contributed by atoms with Crippen LogP contribution < -0.4 is 20.1 Å². The summed E-state index contributed by atoms with van der Waals surface area (Å²) in [6.07, 6.45) is 2.25. The second-order valence-electron chi connectivity index (χ2n) is 7.19. The number of fused-ring (bicyclic) bond motifs is 2. The molecule has 156 valence electrons. The Morgan fingerprint density at radius 2 is 1.90 bits per heavy atom. The molecule has 0 fully saturated rings. The van der Waals surface area contributed by atoms with E-state index in [1.165, 1.54) is 11.1 Å². The average molecular weight is 508 g/mol. The first-order valence-corrected chi connectivity index (χ1v) is 9.94. The second kappa shape index (κ2) is 10.7. The van der Waals surface area contributed by atoms with Crippen LogP contribution >= 0.6 is 24.0 Å². The molecule has 6 nitrogen and oxygen atoms in total. The molecular formula is C22H29IN4O2. The zero-order chi connectivity index (χ0) is 19.2. The summed E-state index contributed by atoms with van der Waals surface area (Å²) in [6.45, 7) is 5.21. The van der Waals surface area contributed by atoms with Crippen LogP contribution in [-0.4, -0.2) is 44.3 Å². The third-order valence-electron chi connectivity index (χ3n) is 5.27. The van der Waals surface area contributed by atoms with E-state index < -0.39 is 0 Å². The Hall–Kier alpha value is -2.00. The molecule has 2 aromatic rings. The zero-order valence-electron chi connectivity index (χ0n) is 16.8. The van der Waals surface area contributed by atoms with E-state index in [-0.39, 0.29) is 24.0 Å². The van der Waals surface area contributed by atoms with Gasteiger partial charge in [-0.25, -0.2) is 0 Å². The van der Waals surface area contributed by atoms with Gasteiger partial charge >= 0.3 is 0 Å². The maximum Gasteiger partial charge on any atom is 0.231 e. The van der Waals surface area contributed by atoms with E-state index in [9.17, 15) is 0 Å². The van der Waals surface area contributed by atoms with E-state index in [0.717, 1.165) is 62.0 Å². The number of nitrogens with zero attached hydrogens (tertiary/aromatic N) is 2. The Balaban J connectivity index is 0.00000240. The van der Waals surface area contributed by atoms with Crippen LogP contribution in [0, 0.1) is 0 Å². The van der Waals surface area contributed by atoms with E-state index in [2.05, 4.69) is 44.8 Å². The SMILES string of the molecule is CN=C(NCCCN1CCc2ccccc2C1)NCc1ccc2c(c1)OCO2.I. The molecule has 2 aliphatic rings. The van der Waals surface area contributed by atoms with Gasteiger partial charge in [-0.1, -0.05) is 30.3 Å². The quantitative estimate of drug-likeness (QED) is 0.272. The summed E-state index contributed by atoms with van der Waals surface area (Å²) >= 11 is 0. The lowest BCUT2D eigenvalue weighted by Crippen LogP contribution is -2.39. The zero-order valence-corrected chi connectivity index (χ0v) is 19.1. The lowest BCUT2D eigenvalue weighted by molar-refractivity contribution is 0.174. The lowest BCUT2D eigenvalue weighted by Gasteiger charge is -2.28. The standard InChI is InChI=1S/C22H28N4O2.HI/c1-23-22(25-14-17-7-8-20-21(13-17)28-16-27-20)24-10-4-11-26-12-9-18-5-2-3-6-19(18)15-26;/h2-3,5-8,13H,4,9-12,14-16H2,1H3,(H2,23,24,25);1H. The van der Waals surface area contributed by atoms with Crippen molar-refractivity contribution in [3.63, 3.8) is 0 Å². The van der Waals surface area contributed by atoms with Crippen LogP contribution in [0.4, 0.5) is 0 Å². The van der Waals surface area contributed by atoms with Gasteiger partial charge in [-0.2, -0.15) is 0 Å². The van der Waals surface area contributed by atoms with Crippen molar-refractivity contribution in [1.29, 1.82) is 0 Å². The Morgan fingerprint density at radius 3 is 2.76 bits per heavy atom. The summed E-state index contributed by atoms with van der Waals surface area (Å²) in [5.41, 5.74) is 4.12. The number of benzene rings is 2. The third kappa shape index (κ3) is 5.76. The molecule has 0 unspecified atom stereocenters. The largest absolute Gasteiger partial charge is 0.454 e. The lowest BCUT2D eigenvalue weighted by atomic mass is 10.00. The fraction of sp³-hybridized carbons (Fsp3) is 0.409. The van der Waals surface area contributed by atoms with Gasteiger partial charge in [-0.15, -0.1) is 24.0 Å². The fourth-order valence-electron chi connectivity index (χ4n) is 3.71. The smallest absolute Gasteiger partial charge is 0.231 e. The van der Waals surface area contributed by atoms with Crippen LogP contribution in [-0.2, 0) is 19.5 Å². The molecule has 0 atom stereocenters. The van der Waals surface area contributed by atoms with Crippen molar-refractivity contribution >= 4 is 29.9 Å². The van der Waals surface area contributed by atoms with E-state index in [4.69, 9.17) is 9.47 Å². The van der Waals surface area contributed by atoms with Crippen LogP contribution in [0.3, 0.4) is 0 Å². The molecule has 2 heterocycles. The maximum absolute atomic E-state index is 5.43. The van der Waals surface area contributed by atoms with Gasteiger partial charge in [-0.05, 0) is 41.7 Å². The molecule has 0 bridgehead atoms. The number of aliphatic imine (C=N–C) groups is 1. The van der Waals surface area contributed by atoms with Crippen LogP contribution in [0.1, 0.15) is 23.1 Å². The first-order valence-electron chi connectivity index (χ1n) is 9.94. The minimum Gasteiger partial charge on any atom is -0.454 e. The van der Waals surface area contributed by atoms with Crippen LogP contribution in [0.25, 0.3) is 0 Å². The summed E-state index contributed by atoms with van der Waals surface area (Å²) in [5, 5.41) is 6.76. The monoisotopic (exact) mass is 508 g/mol. The van der Waals surface area contributed by atoms with Crippen LogP contribution in [0.2, 0.25) is 0 Å². The molecule has 0 aliphatic carbocycles. The second-order valence-corrected chi connectivity index (χ2v) is 7.19. The molecule has 7 heteroatoms. The van der Waals surface area contributed by atoms with Crippen LogP contribution in [0.5, 0.6) is 11.5 Å². The molecule has 2 aliphatic heterocycles. The van der Waals surface area contributed by atoms with Crippen molar-refractivity contribution in [2.75, 3.05) is 33.5 Å². The molecule has 0 saturated carbocycles. The van der Waals surface area contributed by atoms with Gasteiger partial charge in [-0.3, -0.25) is 9.89 Å². The van der Waals surface area contributed by atoms with Gasteiger partial charge in [0.25, 0.3) is 0 Å². The maximum atomic E-state index is 5.43. The Bertz CT molecular complexity index is 843. The van der Waals surface area contributed by atoms with Gasteiger partial charge in [0.15, 0.2) is 17.5 Å². The van der Waals surface area contributed by atoms with Gasteiger partial charge in [0.1, 0.15) is 0 Å². The predicted molar refractivity (Wildman–Crippen MR) is 126 cm³/mol. The average Bonchev–Trinajstić information content (AvgIpc) is 3.21. The van der Waals surface area contributed by atoms with E-state index in [1.54, 1.807) is 7.05 Å². The van der Waals surface area contributed by atoms with Gasteiger partial charge in [0, 0.05) is 39.8 Å². The summed E-state index contributed by atoms with van der Waals surface area (Å²) in [7, 11) is 1.80. The predicted octanol–water partition coefficient (Wildman–Crippen LogP) is 3.15. The summed E-state index contributed by atoms with van der Waals surface area (Å²) in [4.78, 5) is 6.85. The van der Waals surface area contributed by atoms with Crippen molar-refractivity contribution in [3.05, 3.63) is 59.2 Å². The molecule has 29 heavy (non-hydrogen) atoms. The van der Waals surface area contributed by atoms with Crippen molar-refractivity contribution in [2.24, 2.45) is 4.99 Å². The summed E-state index contributed by atoms with van der Waals surface area (Å²) in [5.74, 6) is 2.44. The summed E-state index contributed by atoms with van der Waals surface area (Å²) in [6, 6.07) is 14.8. The molecule has 0 radical (unpaired) electrons. The van der Waals surface area contributed by atoms with Crippen molar-refractivity contribution in [3.8, 4) is 11.5 Å². The molecule has 0 saturated heterocycles. The van der Waals surface area contributed by atoms with Crippen molar-refractivity contribution < 1.29 is 9.47 Å². The molecule has 0 aromatic heterocycles. The van der Waals surface area contributed by atoms with E-state index >= 15 is 0 Å². The van der Waals surface area contributed by atoms with Gasteiger partial charge in [0.05, 0.1) is 0 Å². The third-order valence-corrected chi connectivity index (χ3v) is 5.27. The molecular weight excluding hydrogens is 479 g/mol. The first kappa shape index (κ1) is 21.7. The number of halogens is 1. The Labute approximate surface area is 189 Å². The number of nitrogens with one attached hydrogen (secondary N) is 2. The first-order chi connectivity index (χ1) is 13.8. The number of hydrogen-bond donors (Lipinski definition) is 2. The van der Waals surface area contributed by atoms with E-state index in [1.807, 2.05) is 18.2 Å². The van der Waals surface area contributed by atoms with Crippen molar-refractivity contribution in [2.45, 2.75) is 25.9 Å². The van der Waals surface area contributed by atoms with E-state index in [0.29, 0.717) is 13.3 Å². The summed E-state index contributed by atoms with van der Waals surface area (Å²) < 4.78 is 10.8. The number of ether oxygens (including phenoxy) is 2. The number of hydrogen-bond acceptors (Lipinski definition) is 4. The Kier molecular flexibility index (Phi) is 8.00.